The maximum absolute atomic E-state index is 13.0. The number of hydrogen-bond acceptors (Lipinski definition) is 13. The monoisotopic (exact) mass is 1040 g/mol. The van der Waals surface area contributed by atoms with Gasteiger partial charge in [-0.25, -0.2) is 4.79 Å². The highest BCUT2D eigenvalue weighted by Crippen LogP contribution is 2.48. The molecular formula is C52H50Br2N2O11. The summed E-state index contributed by atoms with van der Waals surface area (Å²) < 4.78 is 38.9. The lowest BCUT2D eigenvalue weighted by molar-refractivity contribution is -0.142. The van der Waals surface area contributed by atoms with Gasteiger partial charge in [0.15, 0.2) is 23.0 Å². The average Bonchev–Trinajstić information content (AvgIpc) is 3.32. The van der Waals surface area contributed by atoms with Crippen LogP contribution in [0.4, 0.5) is 0 Å². The van der Waals surface area contributed by atoms with Crippen molar-refractivity contribution in [1.82, 2.24) is 0 Å². The van der Waals surface area contributed by atoms with Gasteiger partial charge in [0, 0.05) is 11.1 Å². The molecule has 6 aromatic rings. The van der Waals surface area contributed by atoms with Gasteiger partial charge in [0.25, 0.3) is 0 Å². The molecule has 0 radical (unpaired) electrons. The first-order chi connectivity index (χ1) is 32.4. The van der Waals surface area contributed by atoms with Gasteiger partial charge >= 0.3 is 11.9 Å². The second-order valence-electron chi connectivity index (χ2n) is 13.8. The molecule has 13 nitrogen and oxygen atoms in total. The molecule has 1 atom stereocenters. The van der Waals surface area contributed by atoms with Gasteiger partial charge in [-0.3, -0.25) is 9.59 Å². The van der Waals surface area contributed by atoms with Crippen LogP contribution < -0.4 is 29.4 Å². The van der Waals surface area contributed by atoms with Crippen molar-refractivity contribution in [1.29, 1.82) is 5.26 Å². The minimum atomic E-state index is -0.531. The Bertz CT molecular complexity index is 2780. The van der Waals surface area contributed by atoms with Crippen LogP contribution in [0.5, 0.6) is 34.5 Å². The number of nitrogens with zero attached hydrogens (tertiary/aromatic N) is 1. The molecule has 348 valence electrons. The fourth-order valence-corrected chi connectivity index (χ4v) is 7.68. The predicted molar refractivity (Wildman–Crippen MR) is 265 cm³/mol. The van der Waals surface area contributed by atoms with E-state index in [2.05, 4.69) is 49.8 Å². The average molecular weight is 1040 g/mol. The van der Waals surface area contributed by atoms with E-state index < -0.39 is 17.9 Å². The number of carbonyl (C=O) groups excluding carboxylic acids is 3. The summed E-state index contributed by atoms with van der Waals surface area (Å²) in [6.45, 7) is 12.0. The number of aromatic hydroxyl groups is 1. The number of phenols is 1. The van der Waals surface area contributed by atoms with Gasteiger partial charge in [0.2, 0.25) is 5.88 Å². The fraction of sp³-hybridized carbons (Fsp3) is 0.192. The highest BCUT2D eigenvalue weighted by atomic mass is 79.9. The largest absolute Gasteiger partial charge is 0.508 e. The molecule has 0 saturated heterocycles. The highest BCUT2D eigenvalue weighted by Gasteiger charge is 2.36. The van der Waals surface area contributed by atoms with Crippen LogP contribution in [0.25, 0.3) is 21.5 Å². The van der Waals surface area contributed by atoms with E-state index in [-0.39, 0.29) is 24.5 Å². The number of esters is 2. The summed E-state index contributed by atoms with van der Waals surface area (Å²) in [5.41, 5.74) is 8.63. The predicted octanol–water partition coefficient (Wildman–Crippen LogP) is 11.3. The lowest BCUT2D eigenvalue weighted by atomic mass is 9.82. The van der Waals surface area contributed by atoms with E-state index in [0.717, 1.165) is 39.0 Å². The minimum absolute atomic E-state index is 0.0169. The smallest absolute Gasteiger partial charge is 0.340 e. The standard InChI is InChI=1S/C26H24BrNO5.C11H11BrO3.C10H8O.C5H7NO2/c1-4-10-32-24-19(27)12-17(14-21(24)30-3)22-18-11-15-8-6-7-9-16(15)13-20(18)33-25(28)23(22)26(29)31-5-2;1-3-4-15-11-9(12)5-8(7-13)6-10(11)14-2;11-10-6-5-8-3-1-2-4-9(8)7-10;1-2-8-5(7)3-4-6/h4,6-9,11-14,22H,1,5,10,28H2,2-3H3;3,5-7H,1,4H2,2H3;1-7,11H;2-3H2,1H3. The number of carbonyl (C=O) groups is 3. The number of halogens is 2. The quantitative estimate of drug-likeness (QED) is 0.0597. The van der Waals surface area contributed by atoms with Crippen molar-refractivity contribution >= 4 is 71.6 Å². The van der Waals surface area contributed by atoms with E-state index in [1.54, 1.807) is 63.4 Å². The Labute approximate surface area is 406 Å². The van der Waals surface area contributed by atoms with Gasteiger partial charge in [-0.2, -0.15) is 5.26 Å². The first-order valence-corrected chi connectivity index (χ1v) is 22.2. The number of nitriles is 1. The molecule has 7 rings (SSSR count). The van der Waals surface area contributed by atoms with Crippen LogP contribution in [-0.4, -0.2) is 64.0 Å². The Hall–Kier alpha value is -7.28. The lowest BCUT2D eigenvalue weighted by Gasteiger charge is -2.29. The Morgan fingerprint density at radius 3 is 1.88 bits per heavy atom. The number of rotatable bonds is 14. The molecule has 6 aromatic carbocycles. The molecule has 15 heteroatoms. The van der Waals surface area contributed by atoms with Crippen molar-refractivity contribution < 1.29 is 52.6 Å². The van der Waals surface area contributed by atoms with E-state index in [1.165, 1.54) is 7.11 Å². The number of benzene rings is 6. The number of methoxy groups -OCH3 is 2. The van der Waals surface area contributed by atoms with Crippen LogP contribution in [0.3, 0.4) is 0 Å². The molecule has 1 heterocycles. The third kappa shape index (κ3) is 14.4. The van der Waals surface area contributed by atoms with Gasteiger partial charge in [-0.1, -0.05) is 79.9 Å². The normalized spacial score (nSPS) is 12.0. The van der Waals surface area contributed by atoms with Crippen LogP contribution in [0.2, 0.25) is 0 Å². The molecule has 0 bridgehead atoms. The zero-order chi connectivity index (χ0) is 48.9. The molecule has 0 amide bonds. The number of ether oxygens (including phenoxy) is 7. The Kier molecular flexibility index (Phi) is 20.8. The number of fused-ring (bicyclic) bond motifs is 3. The Morgan fingerprint density at radius 1 is 0.776 bits per heavy atom. The highest BCUT2D eigenvalue weighted by molar-refractivity contribution is 9.11. The molecule has 0 saturated carbocycles. The van der Waals surface area contributed by atoms with E-state index in [1.807, 2.05) is 78.9 Å². The minimum Gasteiger partial charge on any atom is -0.508 e. The molecule has 1 aliphatic rings. The molecule has 67 heavy (non-hydrogen) atoms. The molecule has 3 N–H and O–H groups in total. The third-order valence-corrected chi connectivity index (χ3v) is 10.6. The molecule has 0 aromatic heterocycles. The second-order valence-corrected chi connectivity index (χ2v) is 15.5. The number of aldehydes is 1. The maximum atomic E-state index is 13.0. The molecule has 1 unspecified atom stereocenters. The van der Waals surface area contributed by atoms with Gasteiger partial charge in [-0.05, 0) is 121 Å². The van der Waals surface area contributed by atoms with Crippen LogP contribution in [0.1, 0.15) is 47.7 Å². The fourth-order valence-electron chi connectivity index (χ4n) is 6.53. The summed E-state index contributed by atoms with van der Waals surface area (Å²) in [6, 6.07) is 33.9. The molecule has 0 aliphatic carbocycles. The first-order valence-electron chi connectivity index (χ1n) is 20.6. The van der Waals surface area contributed by atoms with E-state index in [9.17, 15) is 14.4 Å². The Morgan fingerprint density at radius 2 is 1.33 bits per heavy atom. The first kappa shape index (κ1) is 52.3. The van der Waals surface area contributed by atoms with Crippen molar-refractivity contribution in [2.45, 2.75) is 26.2 Å². The third-order valence-electron chi connectivity index (χ3n) is 9.38. The molecule has 0 fully saturated rings. The van der Waals surface area contributed by atoms with Gasteiger partial charge in [-0.15, -0.1) is 0 Å². The van der Waals surface area contributed by atoms with Crippen molar-refractivity contribution in [3.05, 3.63) is 166 Å². The summed E-state index contributed by atoms with van der Waals surface area (Å²) >= 11 is 6.90. The van der Waals surface area contributed by atoms with E-state index >= 15 is 0 Å². The number of nitrogens with two attached hydrogens (primary N) is 1. The number of phenolic OH excluding ortho intramolecular Hbond substituents is 1. The topological polar surface area (TPSA) is 186 Å². The van der Waals surface area contributed by atoms with E-state index in [0.29, 0.717) is 68.8 Å². The summed E-state index contributed by atoms with van der Waals surface area (Å²) in [4.78, 5) is 33.8. The van der Waals surface area contributed by atoms with Crippen LogP contribution in [0, 0.1) is 11.3 Å². The zero-order valence-electron chi connectivity index (χ0n) is 37.4. The summed E-state index contributed by atoms with van der Waals surface area (Å²) in [5, 5.41) is 21.3. The molecule has 1 aliphatic heterocycles. The summed E-state index contributed by atoms with van der Waals surface area (Å²) in [7, 11) is 3.09. The molecule has 0 spiro atoms. The zero-order valence-corrected chi connectivity index (χ0v) is 40.6. The molecular weight excluding hydrogens is 988 g/mol. The van der Waals surface area contributed by atoms with Gasteiger partial charge in [0.05, 0.1) is 48.4 Å². The van der Waals surface area contributed by atoms with Crippen LogP contribution in [-0.2, 0) is 19.1 Å². The van der Waals surface area contributed by atoms with Crippen molar-refractivity contribution in [2.75, 3.05) is 40.6 Å². The van der Waals surface area contributed by atoms with Crippen molar-refractivity contribution in [3.8, 4) is 40.6 Å². The lowest BCUT2D eigenvalue weighted by Crippen LogP contribution is -2.27. The maximum Gasteiger partial charge on any atom is 0.340 e. The Balaban J connectivity index is 0.000000235. The van der Waals surface area contributed by atoms with Gasteiger partial charge < -0.3 is 44.0 Å². The summed E-state index contributed by atoms with van der Waals surface area (Å²) in [6.07, 6.45) is 3.90. The van der Waals surface area contributed by atoms with E-state index in [4.69, 9.17) is 44.5 Å². The summed E-state index contributed by atoms with van der Waals surface area (Å²) in [5.74, 6) is 1.57. The second kappa shape index (κ2) is 26.6. The van der Waals surface area contributed by atoms with Gasteiger partial charge in [0.1, 0.15) is 43.0 Å². The van der Waals surface area contributed by atoms with Crippen molar-refractivity contribution in [3.63, 3.8) is 0 Å². The number of hydrogen-bond donors (Lipinski definition) is 2. The van der Waals surface area contributed by atoms with Crippen molar-refractivity contribution in [2.24, 2.45) is 5.73 Å². The van der Waals surface area contributed by atoms with Crippen LogP contribution in [0.15, 0.2) is 149 Å². The SMILES string of the molecule is C=CCOc1c(Br)cc(C2C(C(=O)OCC)=C(N)Oc3cc4ccccc4cc32)cc1OC.C=CCOc1c(Br)cc(C=O)cc1OC.CCOC(=O)CC#N.Oc1ccc2ccccc2c1. The van der Waals surface area contributed by atoms with Crippen LogP contribution >= 0.6 is 31.9 Å².